The Morgan fingerprint density at radius 1 is 1.26 bits per heavy atom. The van der Waals surface area contributed by atoms with E-state index in [1.54, 1.807) is 0 Å². The Kier molecular flexibility index (Phi) is 5.27. The molecule has 3 heteroatoms. The van der Waals surface area contributed by atoms with Crippen molar-refractivity contribution in [3.8, 4) is 0 Å². The fourth-order valence-corrected chi connectivity index (χ4v) is 4.16. The molecule has 19 heavy (non-hydrogen) atoms. The zero-order chi connectivity index (χ0) is 13.9. The molecule has 1 saturated carbocycles. The van der Waals surface area contributed by atoms with Crippen LogP contribution in [-0.4, -0.2) is 50.8 Å². The molecular weight excluding hydrogens is 236 g/mol. The maximum Gasteiger partial charge on any atom is 0.0506 e. The maximum atomic E-state index is 5.62. The van der Waals surface area contributed by atoms with E-state index in [1.807, 2.05) is 0 Å². The Morgan fingerprint density at radius 3 is 2.68 bits per heavy atom. The number of nitrogens with zero attached hydrogens (tertiary/aromatic N) is 1. The predicted octanol–water partition coefficient (Wildman–Crippen LogP) is 2.51. The molecule has 0 radical (unpaired) electrons. The van der Waals surface area contributed by atoms with Gasteiger partial charge >= 0.3 is 0 Å². The first kappa shape index (κ1) is 15.3. The number of rotatable bonds is 4. The highest BCUT2D eigenvalue weighted by Gasteiger charge is 2.40. The lowest BCUT2D eigenvalue weighted by molar-refractivity contribution is 0.0150. The van der Waals surface area contributed by atoms with Gasteiger partial charge in [-0.05, 0) is 51.1 Å². The number of hydrogen-bond donors (Lipinski definition) is 1. The summed E-state index contributed by atoms with van der Waals surface area (Å²) in [4.78, 5) is 2.60. The van der Waals surface area contributed by atoms with Crippen LogP contribution < -0.4 is 5.32 Å². The summed E-state index contributed by atoms with van der Waals surface area (Å²) >= 11 is 0. The van der Waals surface area contributed by atoms with Crippen LogP contribution in [0.1, 0.15) is 46.0 Å². The van der Waals surface area contributed by atoms with E-state index in [0.29, 0.717) is 17.5 Å². The molecule has 1 aliphatic heterocycles. The number of nitrogens with one attached hydrogen (secondary N) is 1. The second kappa shape index (κ2) is 6.55. The van der Waals surface area contributed by atoms with Gasteiger partial charge in [-0.25, -0.2) is 0 Å². The minimum atomic E-state index is 0.412. The van der Waals surface area contributed by atoms with Gasteiger partial charge in [0.05, 0.1) is 6.61 Å². The van der Waals surface area contributed by atoms with E-state index in [-0.39, 0.29) is 0 Å². The first-order valence-electron chi connectivity index (χ1n) is 8.00. The molecule has 1 saturated heterocycles. The molecule has 3 atom stereocenters. The molecule has 0 spiro atoms. The van der Waals surface area contributed by atoms with Gasteiger partial charge in [-0.15, -0.1) is 0 Å². The van der Waals surface area contributed by atoms with E-state index in [2.05, 4.69) is 38.2 Å². The summed E-state index contributed by atoms with van der Waals surface area (Å²) in [5, 5.41) is 3.59. The van der Waals surface area contributed by atoms with Crippen LogP contribution in [0.15, 0.2) is 0 Å². The van der Waals surface area contributed by atoms with Crippen LogP contribution in [0.2, 0.25) is 0 Å². The van der Waals surface area contributed by atoms with Gasteiger partial charge < -0.3 is 15.0 Å². The van der Waals surface area contributed by atoms with Gasteiger partial charge in [0.25, 0.3) is 0 Å². The molecule has 0 aromatic rings. The Morgan fingerprint density at radius 2 is 2.05 bits per heavy atom. The van der Waals surface area contributed by atoms with Crippen molar-refractivity contribution < 1.29 is 4.74 Å². The third kappa shape index (κ3) is 3.71. The molecule has 2 rings (SSSR count). The first-order chi connectivity index (χ1) is 9.04. The Balaban J connectivity index is 1.94. The smallest absolute Gasteiger partial charge is 0.0506 e. The fourth-order valence-electron chi connectivity index (χ4n) is 4.16. The summed E-state index contributed by atoms with van der Waals surface area (Å²) in [5.74, 6) is 0.737. The highest BCUT2D eigenvalue weighted by molar-refractivity contribution is 4.97. The summed E-state index contributed by atoms with van der Waals surface area (Å²) < 4.78 is 5.62. The molecule has 112 valence electrons. The quantitative estimate of drug-likeness (QED) is 0.848. The van der Waals surface area contributed by atoms with Gasteiger partial charge in [-0.1, -0.05) is 20.3 Å². The summed E-state index contributed by atoms with van der Waals surface area (Å²) in [6, 6.07) is 1.28. The van der Waals surface area contributed by atoms with Crippen molar-refractivity contribution in [3.05, 3.63) is 0 Å². The van der Waals surface area contributed by atoms with Crippen LogP contribution in [0.4, 0.5) is 0 Å². The van der Waals surface area contributed by atoms with E-state index in [4.69, 9.17) is 4.74 Å². The number of hydrogen-bond acceptors (Lipinski definition) is 3. The summed E-state index contributed by atoms with van der Waals surface area (Å²) in [5.41, 5.74) is 0.412. The lowest BCUT2D eigenvalue weighted by Gasteiger charge is -2.48. The van der Waals surface area contributed by atoms with Crippen LogP contribution >= 0.6 is 0 Å². The van der Waals surface area contributed by atoms with E-state index >= 15 is 0 Å². The minimum Gasteiger partial charge on any atom is -0.381 e. The van der Waals surface area contributed by atoms with Crippen molar-refractivity contribution >= 4 is 0 Å². The third-order valence-corrected chi connectivity index (χ3v) is 5.23. The molecule has 3 unspecified atom stereocenters. The van der Waals surface area contributed by atoms with Crippen LogP contribution in [0, 0.1) is 11.3 Å². The third-order valence-electron chi connectivity index (χ3n) is 5.23. The second-order valence-corrected chi connectivity index (χ2v) is 7.24. The average molecular weight is 268 g/mol. The van der Waals surface area contributed by atoms with Gasteiger partial charge in [0.1, 0.15) is 0 Å². The molecule has 1 N–H and O–H groups in total. The van der Waals surface area contributed by atoms with E-state index in [0.717, 1.165) is 19.1 Å². The van der Waals surface area contributed by atoms with E-state index in [1.165, 1.54) is 38.6 Å². The molecule has 0 bridgehead atoms. The van der Waals surface area contributed by atoms with Gasteiger partial charge in [0.2, 0.25) is 0 Å². The number of likely N-dealkylation sites (N-methyl/N-ethyl adjacent to an activating group) is 2. The predicted molar refractivity (Wildman–Crippen MR) is 80.4 cm³/mol. The highest BCUT2D eigenvalue weighted by Crippen LogP contribution is 2.37. The Bertz CT molecular complexity index is 274. The summed E-state index contributed by atoms with van der Waals surface area (Å²) in [7, 11) is 4.44. The Labute approximate surface area is 119 Å². The summed E-state index contributed by atoms with van der Waals surface area (Å²) in [6.07, 6.45) is 6.62. The van der Waals surface area contributed by atoms with Crippen LogP contribution in [0.3, 0.4) is 0 Å². The van der Waals surface area contributed by atoms with Gasteiger partial charge in [-0.3, -0.25) is 0 Å². The highest BCUT2D eigenvalue weighted by atomic mass is 16.5. The lowest BCUT2D eigenvalue weighted by Crippen LogP contribution is -2.57. The van der Waals surface area contributed by atoms with Gasteiger partial charge in [0, 0.05) is 25.2 Å². The largest absolute Gasteiger partial charge is 0.381 e. The zero-order valence-electron chi connectivity index (χ0n) is 13.2. The second-order valence-electron chi connectivity index (χ2n) is 7.24. The Hall–Kier alpha value is -0.120. The summed E-state index contributed by atoms with van der Waals surface area (Å²) in [6.45, 7) is 7.95. The van der Waals surface area contributed by atoms with Gasteiger partial charge in [-0.2, -0.15) is 0 Å². The molecule has 3 nitrogen and oxygen atoms in total. The average Bonchev–Trinajstić information content (AvgIpc) is 2.38. The zero-order valence-corrected chi connectivity index (χ0v) is 13.2. The molecule has 2 aliphatic rings. The van der Waals surface area contributed by atoms with Crippen molar-refractivity contribution in [2.75, 3.05) is 33.9 Å². The minimum absolute atomic E-state index is 0.412. The van der Waals surface area contributed by atoms with E-state index in [9.17, 15) is 0 Å². The van der Waals surface area contributed by atoms with Crippen molar-refractivity contribution in [2.24, 2.45) is 11.3 Å². The van der Waals surface area contributed by atoms with Crippen molar-refractivity contribution in [1.82, 2.24) is 10.2 Å². The SMILES string of the molecule is CNC1C(N(C)CC2CCCOC2)CCCC1(C)C. The molecule has 1 aliphatic carbocycles. The molecule has 0 amide bonds. The first-order valence-corrected chi connectivity index (χ1v) is 8.00. The van der Waals surface area contributed by atoms with Gasteiger partial charge in [0.15, 0.2) is 0 Å². The van der Waals surface area contributed by atoms with Crippen molar-refractivity contribution in [3.63, 3.8) is 0 Å². The fraction of sp³-hybridized carbons (Fsp3) is 1.00. The molecular formula is C16H32N2O. The van der Waals surface area contributed by atoms with Crippen LogP contribution in [0.5, 0.6) is 0 Å². The standard InChI is InChI=1S/C16H32N2O/c1-16(2)9-5-8-14(15(16)17-3)18(4)11-13-7-6-10-19-12-13/h13-15,17H,5-12H2,1-4H3. The van der Waals surface area contributed by atoms with Crippen LogP contribution in [-0.2, 0) is 4.74 Å². The molecule has 1 heterocycles. The maximum absolute atomic E-state index is 5.62. The molecule has 2 fully saturated rings. The van der Waals surface area contributed by atoms with Crippen LogP contribution in [0.25, 0.3) is 0 Å². The molecule has 0 aromatic carbocycles. The monoisotopic (exact) mass is 268 g/mol. The lowest BCUT2D eigenvalue weighted by atomic mass is 9.70. The number of ether oxygens (including phenoxy) is 1. The topological polar surface area (TPSA) is 24.5 Å². The molecule has 0 aromatic heterocycles. The van der Waals surface area contributed by atoms with Crippen molar-refractivity contribution in [1.29, 1.82) is 0 Å². The van der Waals surface area contributed by atoms with Crippen molar-refractivity contribution in [2.45, 2.75) is 58.0 Å². The normalized spacial score (nSPS) is 35.5. The van der Waals surface area contributed by atoms with E-state index < -0.39 is 0 Å².